The number of hydrogen-bond acceptors (Lipinski definition) is 6. The molecule has 0 aliphatic carbocycles. The zero-order chi connectivity index (χ0) is 22.0. The molecule has 2 aliphatic rings. The van der Waals surface area contributed by atoms with Crippen LogP contribution >= 0.6 is 0 Å². The van der Waals surface area contributed by atoms with Crippen molar-refractivity contribution < 1.29 is 8.42 Å². The Morgan fingerprint density at radius 2 is 1.34 bits per heavy atom. The zero-order valence-corrected chi connectivity index (χ0v) is 18.8. The second-order valence-corrected chi connectivity index (χ2v) is 10.1. The largest absolute Gasteiger partial charge is 0.354 e. The van der Waals surface area contributed by atoms with Crippen LogP contribution in [0.25, 0.3) is 11.1 Å². The second-order valence-electron chi connectivity index (χ2n) is 8.19. The molecule has 0 amide bonds. The van der Waals surface area contributed by atoms with Crippen molar-refractivity contribution in [3.8, 4) is 11.1 Å². The summed E-state index contributed by atoms with van der Waals surface area (Å²) in [5.41, 5.74) is 2.08. The third-order valence-electron chi connectivity index (χ3n) is 6.18. The predicted octanol–water partition coefficient (Wildman–Crippen LogP) is 3.25. The van der Waals surface area contributed by atoms with Crippen molar-refractivity contribution in [1.29, 1.82) is 0 Å². The van der Waals surface area contributed by atoms with Gasteiger partial charge in [-0.3, -0.25) is 0 Å². The molecule has 32 heavy (non-hydrogen) atoms. The van der Waals surface area contributed by atoms with Gasteiger partial charge in [0.2, 0.25) is 16.0 Å². The highest BCUT2D eigenvalue weighted by Crippen LogP contribution is 2.25. The Morgan fingerprint density at radius 3 is 2.03 bits per heavy atom. The molecular formula is C24H27N5O2S. The number of nitrogens with zero attached hydrogens (tertiary/aromatic N) is 5. The molecule has 0 spiro atoms. The van der Waals surface area contributed by atoms with Crippen LogP contribution < -0.4 is 9.80 Å². The maximum atomic E-state index is 13.2. The van der Waals surface area contributed by atoms with E-state index >= 15 is 0 Å². The number of sulfonamides is 1. The SMILES string of the molecule is O=S(=O)(c1ccc(-c2ccccc2)cc1)N1CCN(c2ccnc(N3CCCC3)n2)CC1. The van der Waals surface area contributed by atoms with Crippen molar-refractivity contribution in [3.63, 3.8) is 0 Å². The number of rotatable bonds is 5. The molecule has 0 atom stereocenters. The molecule has 5 rings (SSSR count). The Bertz CT molecular complexity index is 1150. The minimum absolute atomic E-state index is 0.337. The molecule has 3 heterocycles. The monoisotopic (exact) mass is 449 g/mol. The third-order valence-corrected chi connectivity index (χ3v) is 8.09. The van der Waals surface area contributed by atoms with Gasteiger partial charge in [0, 0.05) is 45.5 Å². The van der Waals surface area contributed by atoms with Crippen LogP contribution in [0.1, 0.15) is 12.8 Å². The van der Waals surface area contributed by atoms with Gasteiger partial charge in [-0.15, -0.1) is 0 Å². The van der Waals surface area contributed by atoms with Crippen LogP contribution in [0.2, 0.25) is 0 Å². The second kappa shape index (κ2) is 8.88. The molecular weight excluding hydrogens is 422 g/mol. The van der Waals surface area contributed by atoms with E-state index in [1.807, 2.05) is 48.5 Å². The Balaban J connectivity index is 1.26. The Kier molecular flexibility index (Phi) is 5.80. The Morgan fingerprint density at radius 1 is 0.688 bits per heavy atom. The fourth-order valence-electron chi connectivity index (χ4n) is 4.34. The molecule has 0 unspecified atom stereocenters. The molecule has 3 aromatic rings. The molecule has 7 nitrogen and oxygen atoms in total. The summed E-state index contributed by atoms with van der Waals surface area (Å²) >= 11 is 0. The van der Waals surface area contributed by atoms with E-state index in [0.717, 1.165) is 36.0 Å². The van der Waals surface area contributed by atoms with E-state index in [4.69, 9.17) is 4.98 Å². The molecule has 2 saturated heterocycles. The van der Waals surface area contributed by atoms with Gasteiger partial charge in [-0.05, 0) is 42.2 Å². The highest BCUT2D eigenvalue weighted by Gasteiger charge is 2.29. The lowest BCUT2D eigenvalue weighted by Gasteiger charge is -2.35. The average molecular weight is 450 g/mol. The van der Waals surface area contributed by atoms with E-state index in [0.29, 0.717) is 31.1 Å². The lowest BCUT2D eigenvalue weighted by Crippen LogP contribution is -2.49. The smallest absolute Gasteiger partial charge is 0.243 e. The van der Waals surface area contributed by atoms with E-state index in [1.165, 1.54) is 12.8 Å². The first kappa shape index (κ1) is 20.9. The maximum absolute atomic E-state index is 13.2. The summed E-state index contributed by atoms with van der Waals surface area (Å²) in [5.74, 6) is 1.64. The fraction of sp³-hybridized carbons (Fsp3) is 0.333. The summed E-state index contributed by atoms with van der Waals surface area (Å²) in [6, 6.07) is 19.0. The molecule has 2 aromatic carbocycles. The van der Waals surface area contributed by atoms with Gasteiger partial charge >= 0.3 is 0 Å². The lowest BCUT2D eigenvalue weighted by atomic mass is 10.1. The molecule has 166 valence electrons. The highest BCUT2D eigenvalue weighted by atomic mass is 32.2. The average Bonchev–Trinajstić information content (AvgIpc) is 3.40. The number of benzene rings is 2. The van der Waals surface area contributed by atoms with Crippen molar-refractivity contribution in [2.75, 3.05) is 49.1 Å². The molecule has 0 saturated carbocycles. The van der Waals surface area contributed by atoms with Crippen LogP contribution in [0.15, 0.2) is 71.8 Å². The molecule has 0 radical (unpaired) electrons. The quantitative estimate of drug-likeness (QED) is 0.596. The minimum atomic E-state index is -3.52. The van der Waals surface area contributed by atoms with Crippen LogP contribution in [-0.2, 0) is 10.0 Å². The summed E-state index contributed by atoms with van der Waals surface area (Å²) in [4.78, 5) is 13.8. The molecule has 1 aromatic heterocycles. The van der Waals surface area contributed by atoms with Crippen LogP contribution in [0.4, 0.5) is 11.8 Å². The molecule has 0 bridgehead atoms. The van der Waals surface area contributed by atoms with Gasteiger partial charge in [-0.2, -0.15) is 9.29 Å². The van der Waals surface area contributed by atoms with E-state index in [1.54, 1.807) is 22.6 Å². The van der Waals surface area contributed by atoms with Crippen LogP contribution in [0, 0.1) is 0 Å². The summed E-state index contributed by atoms with van der Waals surface area (Å²) < 4.78 is 27.9. The number of aromatic nitrogens is 2. The third kappa shape index (κ3) is 4.20. The van der Waals surface area contributed by atoms with Crippen molar-refractivity contribution in [2.45, 2.75) is 17.7 Å². The lowest BCUT2D eigenvalue weighted by molar-refractivity contribution is 0.384. The van der Waals surface area contributed by atoms with Crippen LogP contribution in [-0.4, -0.2) is 62.0 Å². The first-order valence-corrected chi connectivity index (χ1v) is 12.5. The topological polar surface area (TPSA) is 69.6 Å². The minimum Gasteiger partial charge on any atom is -0.354 e. The molecule has 2 aliphatic heterocycles. The number of anilines is 2. The first-order chi connectivity index (χ1) is 15.6. The van der Waals surface area contributed by atoms with Crippen LogP contribution in [0.3, 0.4) is 0 Å². The Hall–Kier alpha value is -2.97. The van der Waals surface area contributed by atoms with E-state index in [-0.39, 0.29) is 0 Å². The van der Waals surface area contributed by atoms with Gasteiger partial charge in [-0.1, -0.05) is 42.5 Å². The molecule has 8 heteroatoms. The summed E-state index contributed by atoms with van der Waals surface area (Å²) in [7, 11) is -3.52. The zero-order valence-electron chi connectivity index (χ0n) is 18.0. The van der Waals surface area contributed by atoms with E-state index in [2.05, 4.69) is 14.8 Å². The molecule has 2 fully saturated rings. The maximum Gasteiger partial charge on any atom is 0.243 e. The van der Waals surface area contributed by atoms with Crippen LogP contribution in [0.5, 0.6) is 0 Å². The molecule has 0 N–H and O–H groups in total. The van der Waals surface area contributed by atoms with Gasteiger partial charge in [-0.25, -0.2) is 13.4 Å². The predicted molar refractivity (Wildman–Crippen MR) is 126 cm³/mol. The van der Waals surface area contributed by atoms with Crippen molar-refractivity contribution in [1.82, 2.24) is 14.3 Å². The van der Waals surface area contributed by atoms with Gasteiger partial charge in [0.25, 0.3) is 0 Å². The Labute approximate surface area is 189 Å². The van der Waals surface area contributed by atoms with Gasteiger partial charge < -0.3 is 9.80 Å². The van der Waals surface area contributed by atoms with E-state index < -0.39 is 10.0 Å². The summed E-state index contributed by atoms with van der Waals surface area (Å²) in [5, 5.41) is 0. The normalized spacial score (nSPS) is 17.6. The van der Waals surface area contributed by atoms with Gasteiger partial charge in [0.1, 0.15) is 5.82 Å². The van der Waals surface area contributed by atoms with Gasteiger partial charge in [0.05, 0.1) is 4.90 Å². The first-order valence-electron chi connectivity index (χ1n) is 11.1. The summed E-state index contributed by atoms with van der Waals surface area (Å²) in [6.45, 7) is 4.09. The van der Waals surface area contributed by atoms with Crippen molar-refractivity contribution in [3.05, 3.63) is 66.9 Å². The van der Waals surface area contributed by atoms with Crippen molar-refractivity contribution in [2.24, 2.45) is 0 Å². The van der Waals surface area contributed by atoms with Crippen molar-refractivity contribution >= 4 is 21.8 Å². The summed E-state index contributed by atoms with van der Waals surface area (Å²) in [6.07, 6.45) is 4.15. The van der Waals surface area contributed by atoms with Gasteiger partial charge in [0.15, 0.2) is 0 Å². The number of hydrogen-bond donors (Lipinski definition) is 0. The van der Waals surface area contributed by atoms with E-state index in [9.17, 15) is 8.42 Å². The highest BCUT2D eigenvalue weighted by molar-refractivity contribution is 7.89. The number of piperazine rings is 1. The standard InChI is InChI=1S/C24H27N5O2S/c30-32(31,22-10-8-21(9-11-22)20-6-2-1-3-7-20)29-18-16-27(17-19-29)23-12-13-25-24(26-23)28-14-4-5-15-28/h1-3,6-13H,4-5,14-19H2. The fourth-order valence-corrected chi connectivity index (χ4v) is 5.76.